The molecule has 0 fully saturated rings. The fourth-order valence-corrected chi connectivity index (χ4v) is 3.30. The van der Waals surface area contributed by atoms with Crippen LogP contribution in [0.4, 0.5) is 0 Å². The quantitative estimate of drug-likeness (QED) is 0.676. The van der Waals surface area contributed by atoms with Crippen molar-refractivity contribution in [1.82, 2.24) is 0 Å². The number of hydrogen-bond donors (Lipinski definition) is 0. The molecule has 1 unspecified atom stereocenters. The standard InChI is InChI=1S/C11H20ClNS/c1-10(2)7-13-9(14-8-10)11(3,4)5-6-12/h7,9H,5-6,8H2,1-4H3. The summed E-state index contributed by atoms with van der Waals surface area (Å²) in [7, 11) is 0. The van der Waals surface area contributed by atoms with Crippen LogP contribution in [0.1, 0.15) is 34.1 Å². The van der Waals surface area contributed by atoms with Gasteiger partial charge in [0, 0.05) is 23.3 Å². The lowest BCUT2D eigenvalue weighted by molar-refractivity contribution is 0.340. The van der Waals surface area contributed by atoms with Crippen LogP contribution in [-0.2, 0) is 0 Å². The summed E-state index contributed by atoms with van der Waals surface area (Å²) in [6.45, 7) is 8.97. The molecule has 1 aliphatic heterocycles. The number of halogens is 1. The molecule has 0 radical (unpaired) electrons. The normalized spacial score (nSPS) is 26.5. The number of nitrogens with zero attached hydrogens (tertiary/aromatic N) is 1. The van der Waals surface area contributed by atoms with Crippen molar-refractivity contribution in [3.8, 4) is 0 Å². The van der Waals surface area contributed by atoms with Gasteiger partial charge in [-0.1, -0.05) is 27.7 Å². The third-order valence-corrected chi connectivity index (χ3v) is 4.76. The van der Waals surface area contributed by atoms with Crippen LogP contribution in [0, 0.1) is 10.8 Å². The average Bonchev–Trinajstić information content (AvgIpc) is 2.03. The Labute approximate surface area is 96.7 Å². The second kappa shape index (κ2) is 4.44. The molecule has 0 N–H and O–H groups in total. The van der Waals surface area contributed by atoms with Crippen LogP contribution in [-0.4, -0.2) is 23.2 Å². The molecule has 1 nitrogen and oxygen atoms in total. The zero-order valence-corrected chi connectivity index (χ0v) is 11.1. The van der Waals surface area contributed by atoms with Crippen molar-refractivity contribution in [2.45, 2.75) is 39.5 Å². The highest BCUT2D eigenvalue weighted by molar-refractivity contribution is 8.00. The Balaban J connectivity index is 2.64. The summed E-state index contributed by atoms with van der Waals surface area (Å²) in [6, 6.07) is 0. The predicted octanol–water partition coefficient (Wildman–Crippen LogP) is 3.81. The zero-order valence-electron chi connectivity index (χ0n) is 9.51. The van der Waals surface area contributed by atoms with E-state index in [-0.39, 0.29) is 10.8 Å². The lowest BCUT2D eigenvalue weighted by atomic mass is 9.89. The third kappa shape index (κ3) is 3.16. The van der Waals surface area contributed by atoms with E-state index in [1.807, 2.05) is 11.8 Å². The monoisotopic (exact) mass is 233 g/mol. The summed E-state index contributed by atoms with van der Waals surface area (Å²) in [4.78, 5) is 4.65. The molecule has 0 spiro atoms. The molecule has 1 aliphatic rings. The summed E-state index contributed by atoms with van der Waals surface area (Å²) in [6.07, 6.45) is 3.15. The molecule has 0 amide bonds. The zero-order chi connectivity index (χ0) is 10.8. The van der Waals surface area contributed by atoms with Crippen LogP contribution in [0.25, 0.3) is 0 Å². The van der Waals surface area contributed by atoms with Crippen molar-refractivity contribution < 1.29 is 0 Å². The van der Waals surface area contributed by atoms with Gasteiger partial charge in [-0.25, -0.2) is 0 Å². The predicted molar refractivity (Wildman–Crippen MR) is 67.6 cm³/mol. The molecule has 82 valence electrons. The first kappa shape index (κ1) is 12.4. The maximum absolute atomic E-state index is 5.80. The highest BCUT2D eigenvalue weighted by atomic mass is 35.5. The van der Waals surface area contributed by atoms with Crippen molar-refractivity contribution in [2.24, 2.45) is 15.8 Å². The molecule has 0 saturated heterocycles. The molecular formula is C11H20ClNS. The third-order valence-electron chi connectivity index (χ3n) is 2.58. The second-order valence-corrected chi connectivity index (χ2v) is 6.80. The van der Waals surface area contributed by atoms with Crippen molar-refractivity contribution in [2.75, 3.05) is 11.6 Å². The fraction of sp³-hybridized carbons (Fsp3) is 0.909. The summed E-state index contributed by atoms with van der Waals surface area (Å²) >= 11 is 7.76. The van der Waals surface area contributed by atoms with Gasteiger partial charge >= 0.3 is 0 Å². The molecule has 14 heavy (non-hydrogen) atoms. The Bertz CT molecular complexity index is 223. The molecule has 1 heterocycles. The Morgan fingerprint density at radius 2 is 2.21 bits per heavy atom. The molecule has 0 saturated carbocycles. The van der Waals surface area contributed by atoms with Gasteiger partial charge in [-0.15, -0.1) is 23.4 Å². The van der Waals surface area contributed by atoms with Gasteiger partial charge in [0.1, 0.15) is 0 Å². The summed E-state index contributed by atoms with van der Waals surface area (Å²) in [5.41, 5.74) is 0.484. The van der Waals surface area contributed by atoms with Crippen LogP contribution < -0.4 is 0 Å². The lowest BCUT2D eigenvalue weighted by Gasteiger charge is -2.36. The second-order valence-electron chi connectivity index (χ2n) is 5.36. The molecule has 0 aromatic heterocycles. The van der Waals surface area contributed by atoms with E-state index in [1.165, 1.54) is 0 Å². The maximum atomic E-state index is 5.80. The largest absolute Gasteiger partial charge is 0.282 e. The lowest BCUT2D eigenvalue weighted by Crippen LogP contribution is -2.33. The average molecular weight is 234 g/mol. The van der Waals surface area contributed by atoms with Gasteiger partial charge in [-0.3, -0.25) is 4.99 Å². The van der Waals surface area contributed by atoms with Crippen LogP contribution in [0.3, 0.4) is 0 Å². The SMILES string of the molecule is CC1(C)C=NC(C(C)(C)CCCl)SC1. The maximum Gasteiger partial charge on any atom is 0.0999 e. The summed E-state index contributed by atoms with van der Waals surface area (Å²) < 4.78 is 0. The molecule has 0 aliphatic carbocycles. The number of aliphatic imine (C=N–C) groups is 1. The van der Waals surface area contributed by atoms with Crippen molar-refractivity contribution in [1.29, 1.82) is 0 Å². The first-order valence-electron chi connectivity index (χ1n) is 5.09. The minimum absolute atomic E-state index is 0.222. The molecule has 1 rings (SSSR count). The van der Waals surface area contributed by atoms with Gasteiger partial charge in [0.2, 0.25) is 0 Å². The Hall–Kier alpha value is 0.310. The van der Waals surface area contributed by atoms with E-state index in [0.717, 1.165) is 18.1 Å². The Morgan fingerprint density at radius 1 is 1.57 bits per heavy atom. The molecule has 0 aromatic rings. The van der Waals surface area contributed by atoms with Gasteiger partial charge in [-0.05, 0) is 11.8 Å². The van der Waals surface area contributed by atoms with Crippen LogP contribution in [0.15, 0.2) is 4.99 Å². The van der Waals surface area contributed by atoms with Crippen molar-refractivity contribution in [3.05, 3.63) is 0 Å². The number of alkyl halides is 1. The topological polar surface area (TPSA) is 12.4 Å². The number of thioether (sulfide) groups is 1. The van der Waals surface area contributed by atoms with Crippen LogP contribution >= 0.6 is 23.4 Å². The minimum atomic E-state index is 0.222. The smallest absolute Gasteiger partial charge is 0.0999 e. The van der Waals surface area contributed by atoms with Crippen LogP contribution in [0.5, 0.6) is 0 Å². The van der Waals surface area contributed by atoms with E-state index in [4.69, 9.17) is 11.6 Å². The van der Waals surface area contributed by atoms with E-state index < -0.39 is 0 Å². The first-order valence-corrected chi connectivity index (χ1v) is 6.68. The number of rotatable bonds is 3. The van der Waals surface area contributed by atoms with Gasteiger partial charge in [0.05, 0.1) is 5.37 Å². The molecule has 0 aromatic carbocycles. The van der Waals surface area contributed by atoms with Gasteiger partial charge in [0.25, 0.3) is 0 Å². The van der Waals surface area contributed by atoms with E-state index in [0.29, 0.717) is 5.37 Å². The minimum Gasteiger partial charge on any atom is -0.282 e. The van der Waals surface area contributed by atoms with E-state index in [2.05, 4.69) is 38.9 Å². The van der Waals surface area contributed by atoms with E-state index in [9.17, 15) is 0 Å². The summed E-state index contributed by atoms with van der Waals surface area (Å²) in [5.74, 6) is 1.88. The molecule has 3 heteroatoms. The first-order chi connectivity index (χ1) is 6.37. The highest BCUT2D eigenvalue weighted by Crippen LogP contribution is 2.40. The van der Waals surface area contributed by atoms with Crippen molar-refractivity contribution >= 4 is 29.6 Å². The van der Waals surface area contributed by atoms with Crippen LogP contribution in [0.2, 0.25) is 0 Å². The molecular weight excluding hydrogens is 214 g/mol. The van der Waals surface area contributed by atoms with Gasteiger partial charge in [-0.2, -0.15) is 0 Å². The summed E-state index contributed by atoms with van der Waals surface area (Å²) in [5, 5.41) is 0.384. The van der Waals surface area contributed by atoms with Gasteiger partial charge < -0.3 is 0 Å². The van der Waals surface area contributed by atoms with Gasteiger partial charge in [0.15, 0.2) is 0 Å². The Kier molecular flexibility index (Phi) is 3.93. The fourth-order valence-electron chi connectivity index (χ4n) is 1.44. The van der Waals surface area contributed by atoms with E-state index >= 15 is 0 Å². The van der Waals surface area contributed by atoms with Crippen molar-refractivity contribution in [3.63, 3.8) is 0 Å². The Morgan fingerprint density at radius 3 is 2.64 bits per heavy atom. The number of hydrogen-bond acceptors (Lipinski definition) is 2. The molecule has 1 atom stereocenters. The highest BCUT2D eigenvalue weighted by Gasteiger charge is 2.33. The molecule has 0 bridgehead atoms. The van der Waals surface area contributed by atoms with E-state index in [1.54, 1.807) is 0 Å².